The molecule has 4 nitrogen and oxygen atoms in total. The van der Waals surface area contributed by atoms with Gasteiger partial charge in [0.1, 0.15) is 0 Å². The molecule has 0 aliphatic carbocycles. The quantitative estimate of drug-likeness (QED) is 0.699. The van der Waals surface area contributed by atoms with Crippen LogP contribution < -0.4 is 5.32 Å². The summed E-state index contributed by atoms with van der Waals surface area (Å²) in [7, 11) is 3.69. The molecule has 0 radical (unpaired) electrons. The Morgan fingerprint density at radius 3 is 3.05 bits per heavy atom. The molecule has 1 N–H and O–H groups in total. The van der Waals surface area contributed by atoms with Crippen LogP contribution in [0.15, 0.2) is 28.2 Å². The van der Waals surface area contributed by atoms with E-state index in [0.29, 0.717) is 6.61 Å². The second kappa shape index (κ2) is 6.58. The lowest BCUT2D eigenvalue weighted by Crippen LogP contribution is -2.22. The number of thiophene rings is 2. The summed E-state index contributed by atoms with van der Waals surface area (Å²) >= 11 is 7.24. The van der Waals surface area contributed by atoms with Gasteiger partial charge < -0.3 is 10.1 Å². The molecule has 7 heteroatoms. The Morgan fingerprint density at radius 1 is 1.48 bits per heavy atom. The zero-order chi connectivity index (χ0) is 14.8. The number of hydrogen-bond donors (Lipinski definition) is 1. The van der Waals surface area contributed by atoms with Crippen molar-refractivity contribution in [3.63, 3.8) is 0 Å². The summed E-state index contributed by atoms with van der Waals surface area (Å²) in [5.74, 6) is 0. The smallest absolute Gasteiger partial charge is 0.0851 e. The Bertz CT molecular complexity index is 705. The first kappa shape index (κ1) is 15.2. The predicted molar refractivity (Wildman–Crippen MR) is 92.4 cm³/mol. The Hall–Kier alpha value is -0.730. The zero-order valence-corrected chi connectivity index (χ0v) is 15.0. The fraction of sp³-hybridized carbons (Fsp3) is 0.357. The largest absolute Gasteiger partial charge is 0.383 e. The van der Waals surface area contributed by atoms with E-state index < -0.39 is 0 Å². The predicted octanol–water partition coefficient (Wildman–Crippen LogP) is 3.88. The van der Waals surface area contributed by atoms with E-state index in [1.165, 1.54) is 14.3 Å². The number of rotatable bonds is 6. The molecule has 3 aromatic heterocycles. The monoisotopic (exact) mass is 385 g/mol. The van der Waals surface area contributed by atoms with Gasteiger partial charge in [-0.2, -0.15) is 5.10 Å². The van der Waals surface area contributed by atoms with E-state index in [2.05, 4.69) is 43.9 Å². The molecule has 112 valence electrons. The first-order chi connectivity index (χ1) is 10.2. The molecule has 0 aliphatic rings. The number of halogens is 1. The van der Waals surface area contributed by atoms with Gasteiger partial charge in [-0.1, -0.05) is 0 Å². The molecule has 0 aromatic carbocycles. The van der Waals surface area contributed by atoms with E-state index in [4.69, 9.17) is 4.74 Å². The van der Waals surface area contributed by atoms with E-state index in [9.17, 15) is 0 Å². The minimum absolute atomic E-state index is 0.128. The van der Waals surface area contributed by atoms with Crippen molar-refractivity contribution in [3.05, 3.63) is 38.8 Å². The average molecular weight is 386 g/mol. The maximum Gasteiger partial charge on any atom is 0.0851 e. The van der Waals surface area contributed by atoms with E-state index >= 15 is 0 Å². The Labute approximate surface area is 139 Å². The molecule has 0 fully saturated rings. The van der Waals surface area contributed by atoms with Crippen molar-refractivity contribution in [1.82, 2.24) is 15.1 Å². The van der Waals surface area contributed by atoms with Crippen molar-refractivity contribution < 1.29 is 4.74 Å². The van der Waals surface area contributed by atoms with Crippen LogP contribution in [0.5, 0.6) is 0 Å². The number of aromatic nitrogens is 2. The Morgan fingerprint density at radius 2 is 2.33 bits per heavy atom. The lowest BCUT2D eigenvalue weighted by molar-refractivity contribution is 0.182. The third-order valence-electron chi connectivity index (χ3n) is 3.35. The molecule has 0 aliphatic heterocycles. The molecule has 3 heterocycles. The van der Waals surface area contributed by atoms with Gasteiger partial charge in [0, 0.05) is 21.4 Å². The molecular formula is C14H16BrN3OS2. The Kier molecular flexibility index (Phi) is 4.75. The highest BCUT2D eigenvalue weighted by Crippen LogP contribution is 2.37. The molecule has 3 rings (SSSR count). The number of hydrogen-bond acceptors (Lipinski definition) is 5. The first-order valence-electron chi connectivity index (χ1n) is 6.59. The van der Waals surface area contributed by atoms with E-state index in [-0.39, 0.29) is 6.04 Å². The third kappa shape index (κ3) is 2.93. The van der Waals surface area contributed by atoms with Crippen LogP contribution >= 0.6 is 38.6 Å². The van der Waals surface area contributed by atoms with Crippen LogP contribution in [-0.4, -0.2) is 30.5 Å². The fourth-order valence-corrected chi connectivity index (χ4v) is 5.11. The molecule has 0 saturated heterocycles. The summed E-state index contributed by atoms with van der Waals surface area (Å²) in [6.07, 6.45) is 1.85. The molecule has 21 heavy (non-hydrogen) atoms. The third-order valence-corrected chi connectivity index (χ3v) is 6.11. The molecule has 0 amide bonds. The van der Waals surface area contributed by atoms with Gasteiger partial charge in [-0.05, 0) is 40.5 Å². The molecule has 1 atom stereocenters. The topological polar surface area (TPSA) is 39.1 Å². The zero-order valence-electron chi connectivity index (χ0n) is 11.8. The summed E-state index contributed by atoms with van der Waals surface area (Å²) in [5, 5.41) is 10.00. The van der Waals surface area contributed by atoms with E-state index in [1.807, 2.05) is 29.3 Å². The van der Waals surface area contributed by atoms with Crippen molar-refractivity contribution >= 4 is 48.0 Å². The van der Waals surface area contributed by atoms with Crippen LogP contribution in [0.3, 0.4) is 0 Å². The molecule has 3 aromatic rings. The highest BCUT2D eigenvalue weighted by Gasteiger charge is 2.22. The second-order valence-corrected chi connectivity index (χ2v) is 7.53. The van der Waals surface area contributed by atoms with Crippen molar-refractivity contribution in [2.24, 2.45) is 0 Å². The maximum absolute atomic E-state index is 5.17. The van der Waals surface area contributed by atoms with Crippen molar-refractivity contribution in [2.45, 2.75) is 12.6 Å². The van der Waals surface area contributed by atoms with E-state index in [1.54, 1.807) is 18.4 Å². The molecule has 1 unspecified atom stereocenters. The molecule has 0 bridgehead atoms. The van der Waals surface area contributed by atoms with E-state index in [0.717, 1.165) is 16.7 Å². The van der Waals surface area contributed by atoms with Gasteiger partial charge in [-0.15, -0.1) is 22.7 Å². The lowest BCUT2D eigenvalue weighted by atomic mass is 10.1. The SMILES string of the molecule is CNC(c1cc2sccc2s1)c1c(Br)cnn1CCOC. The summed E-state index contributed by atoms with van der Waals surface area (Å²) in [6, 6.07) is 4.58. The van der Waals surface area contributed by atoms with Crippen LogP contribution in [-0.2, 0) is 11.3 Å². The number of nitrogens with one attached hydrogen (secondary N) is 1. The molecule has 0 spiro atoms. The van der Waals surface area contributed by atoms with Crippen molar-refractivity contribution in [1.29, 1.82) is 0 Å². The summed E-state index contributed by atoms with van der Waals surface area (Å²) in [5.41, 5.74) is 1.14. The minimum Gasteiger partial charge on any atom is -0.383 e. The van der Waals surface area contributed by atoms with Crippen molar-refractivity contribution in [2.75, 3.05) is 20.8 Å². The number of methoxy groups -OCH3 is 1. The lowest BCUT2D eigenvalue weighted by Gasteiger charge is -2.17. The summed E-state index contributed by atoms with van der Waals surface area (Å²) in [6.45, 7) is 1.40. The van der Waals surface area contributed by atoms with Gasteiger partial charge in [-0.3, -0.25) is 4.68 Å². The highest BCUT2D eigenvalue weighted by molar-refractivity contribution is 9.10. The highest BCUT2D eigenvalue weighted by atomic mass is 79.9. The van der Waals surface area contributed by atoms with Gasteiger partial charge in [0.15, 0.2) is 0 Å². The van der Waals surface area contributed by atoms with Gasteiger partial charge >= 0.3 is 0 Å². The average Bonchev–Trinajstić information content (AvgIpc) is 3.14. The Balaban J connectivity index is 1.99. The normalized spacial score (nSPS) is 13.1. The maximum atomic E-state index is 5.17. The fourth-order valence-electron chi connectivity index (χ4n) is 2.36. The number of fused-ring (bicyclic) bond motifs is 1. The van der Waals surface area contributed by atoms with Crippen LogP contribution in [0.4, 0.5) is 0 Å². The van der Waals surface area contributed by atoms with Crippen LogP contribution in [0.25, 0.3) is 9.40 Å². The summed E-state index contributed by atoms with van der Waals surface area (Å²) < 4.78 is 10.9. The summed E-state index contributed by atoms with van der Waals surface area (Å²) in [4.78, 5) is 1.30. The number of ether oxygens (including phenoxy) is 1. The van der Waals surface area contributed by atoms with Crippen LogP contribution in [0.2, 0.25) is 0 Å². The molecule has 0 saturated carbocycles. The first-order valence-corrected chi connectivity index (χ1v) is 9.08. The standard InChI is InChI=1S/C14H16BrN3OS2/c1-16-13(12-7-11-10(21-12)3-6-20-11)14-9(15)8-17-18(14)4-5-19-2/h3,6-8,13,16H,4-5H2,1-2H3. The van der Waals surface area contributed by atoms with Gasteiger partial charge in [-0.25, -0.2) is 0 Å². The van der Waals surface area contributed by atoms with Gasteiger partial charge in [0.2, 0.25) is 0 Å². The number of nitrogens with zero attached hydrogens (tertiary/aromatic N) is 2. The van der Waals surface area contributed by atoms with Crippen LogP contribution in [0.1, 0.15) is 16.6 Å². The van der Waals surface area contributed by atoms with Crippen molar-refractivity contribution in [3.8, 4) is 0 Å². The van der Waals surface area contributed by atoms with Gasteiger partial charge in [0.25, 0.3) is 0 Å². The second-order valence-electron chi connectivity index (χ2n) is 4.61. The van der Waals surface area contributed by atoms with Gasteiger partial charge in [0.05, 0.1) is 35.6 Å². The van der Waals surface area contributed by atoms with Crippen LogP contribution in [0, 0.1) is 0 Å². The minimum atomic E-state index is 0.128. The molecular weight excluding hydrogens is 370 g/mol.